The largest absolute Gasteiger partial charge is 0.527 e. The molecule has 0 aromatic rings. The van der Waals surface area contributed by atoms with Gasteiger partial charge in [0.25, 0.3) is 0 Å². The fourth-order valence-electron chi connectivity index (χ4n) is 2.31. The lowest BCUT2D eigenvalue weighted by molar-refractivity contribution is -0.579. The van der Waals surface area contributed by atoms with E-state index in [0.717, 1.165) is 0 Å². The number of carbonyl (C=O) groups excluding carboxylic acids is 1. The highest BCUT2D eigenvalue weighted by Gasteiger charge is 2.77. The minimum Gasteiger partial charge on any atom is -0.335 e. The van der Waals surface area contributed by atoms with Gasteiger partial charge in [-0.3, -0.25) is 4.79 Å². The van der Waals surface area contributed by atoms with Crippen molar-refractivity contribution in [2.24, 2.45) is 0 Å². The predicted octanol–water partition coefficient (Wildman–Crippen LogP) is 5.73. The van der Waals surface area contributed by atoms with Gasteiger partial charge in [-0.2, -0.15) is 61.5 Å². The molecule has 0 bridgehead atoms. The van der Waals surface area contributed by atoms with Crippen LogP contribution in [0.2, 0.25) is 0 Å². The molecular formula is C14H10F17NO5. The van der Waals surface area contributed by atoms with E-state index in [4.69, 9.17) is 0 Å². The quantitative estimate of drug-likeness (QED) is 0.286. The minimum atomic E-state index is -7.61. The van der Waals surface area contributed by atoms with Crippen LogP contribution < -0.4 is 0 Å². The number of piperidine rings is 1. The molecular weight excluding hydrogens is 585 g/mol. The summed E-state index contributed by atoms with van der Waals surface area (Å²) in [6, 6.07) is 0. The van der Waals surface area contributed by atoms with Gasteiger partial charge in [0.05, 0.1) is 0 Å². The molecule has 1 aliphatic heterocycles. The Kier molecular flexibility index (Phi) is 8.98. The molecule has 0 aromatic heterocycles. The van der Waals surface area contributed by atoms with Crippen LogP contribution in [0.5, 0.6) is 0 Å². The van der Waals surface area contributed by atoms with E-state index in [1.165, 1.54) is 9.47 Å². The Morgan fingerprint density at radius 2 is 0.757 bits per heavy atom. The van der Waals surface area contributed by atoms with E-state index in [1.54, 1.807) is 4.74 Å². The fourth-order valence-corrected chi connectivity index (χ4v) is 2.31. The number of carbonyl (C=O) groups is 1. The third-order valence-corrected chi connectivity index (χ3v) is 3.92. The van der Waals surface area contributed by atoms with Crippen LogP contribution in [0.3, 0.4) is 0 Å². The molecule has 1 aliphatic rings. The van der Waals surface area contributed by atoms with Crippen molar-refractivity contribution in [3.63, 3.8) is 0 Å². The molecule has 1 fully saturated rings. The standard InChI is InChI=1S/C14H10F17NO5/c15-7(16,6(33)32-4-2-1-3-5-32)34-8(17,18)9(19,20)35-10(21,22)11(23,24)36-12(25,26)13(27,28)37-14(29,30)31/h1-5H2. The second kappa shape index (κ2) is 10.0. The number of halogens is 17. The van der Waals surface area contributed by atoms with Gasteiger partial charge in [0.2, 0.25) is 0 Å². The topological polar surface area (TPSA) is 57.2 Å². The lowest BCUT2D eigenvalue weighted by Gasteiger charge is -2.35. The van der Waals surface area contributed by atoms with Crippen LogP contribution in [-0.2, 0) is 23.7 Å². The summed E-state index contributed by atoms with van der Waals surface area (Å²) in [4.78, 5) is 11.6. The lowest BCUT2D eigenvalue weighted by Crippen LogP contribution is -2.60. The third-order valence-electron chi connectivity index (χ3n) is 3.92. The molecule has 0 saturated carbocycles. The maximum Gasteiger partial charge on any atom is 0.527 e. The van der Waals surface area contributed by atoms with E-state index < -0.39 is 68.1 Å². The van der Waals surface area contributed by atoms with Crippen LogP contribution in [0.4, 0.5) is 74.6 Å². The van der Waals surface area contributed by atoms with Gasteiger partial charge >= 0.3 is 55.0 Å². The van der Waals surface area contributed by atoms with Crippen molar-refractivity contribution in [3.05, 3.63) is 0 Å². The van der Waals surface area contributed by atoms with Crippen molar-refractivity contribution < 1.29 is 98.4 Å². The second-order valence-corrected chi connectivity index (χ2v) is 6.82. The number of nitrogens with zero attached hydrogens (tertiary/aromatic N) is 1. The van der Waals surface area contributed by atoms with E-state index in [9.17, 15) is 79.4 Å². The zero-order valence-electron chi connectivity index (χ0n) is 16.9. The fraction of sp³-hybridized carbons (Fsp3) is 0.929. The van der Waals surface area contributed by atoms with Gasteiger partial charge in [0, 0.05) is 13.1 Å². The predicted molar refractivity (Wildman–Crippen MR) is 75.5 cm³/mol. The van der Waals surface area contributed by atoms with Crippen molar-refractivity contribution in [2.75, 3.05) is 13.1 Å². The first-order valence-corrected chi connectivity index (χ1v) is 8.91. The van der Waals surface area contributed by atoms with Crippen molar-refractivity contribution in [3.8, 4) is 0 Å². The Bertz CT molecular complexity index is 809. The molecule has 0 spiro atoms. The average molecular weight is 595 g/mol. The van der Waals surface area contributed by atoms with Crippen molar-refractivity contribution >= 4 is 5.91 Å². The number of amides is 1. The van der Waals surface area contributed by atoms with Crippen LogP contribution in [0, 0.1) is 0 Å². The SMILES string of the molecule is O=C(N1CCCCC1)C(F)(F)OC(F)(F)C(F)(F)OC(F)(F)C(F)(F)OC(F)(F)C(F)(F)OC(F)(F)F. The highest BCUT2D eigenvalue weighted by atomic mass is 19.4. The summed E-state index contributed by atoms with van der Waals surface area (Å²) < 4.78 is 227. The van der Waals surface area contributed by atoms with Crippen molar-refractivity contribution in [1.82, 2.24) is 4.90 Å². The molecule has 0 aromatic carbocycles. The maximum atomic E-state index is 13.7. The Labute approximate surface area is 192 Å². The third kappa shape index (κ3) is 7.81. The monoisotopic (exact) mass is 595 g/mol. The second-order valence-electron chi connectivity index (χ2n) is 6.82. The lowest BCUT2D eigenvalue weighted by atomic mass is 10.1. The molecule has 0 radical (unpaired) electrons. The normalized spacial score (nSPS) is 17.8. The summed E-state index contributed by atoms with van der Waals surface area (Å²) in [6.07, 6.45) is -56.8. The van der Waals surface area contributed by atoms with Crippen molar-refractivity contribution in [1.29, 1.82) is 0 Å². The highest BCUT2D eigenvalue weighted by Crippen LogP contribution is 2.51. The van der Waals surface area contributed by atoms with Crippen LogP contribution >= 0.6 is 0 Å². The number of likely N-dealkylation sites (tertiary alicyclic amines) is 1. The number of ether oxygens (including phenoxy) is 4. The summed E-state index contributed by atoms with van der Waals surface area (Å²) in [5.41, 5.74) is 0. The number of hydrogen-bond donors (Lipinski definition) is 0. The van der Waals surface area contributed by atoms with Crippen LogP contribution in [0.1, 0.15) is 19.3 Å². The maximum absolute atomic E-state index is 13.7. The van der Waals surface area contributed by atoms with Gasteiger partial charge in [-0.25, -0.2) is 18.9 Å². The first-order chi connectivity index (χ1) is 16.1. The van der Waals surface area contributed by atoms with Crippen molar-refractivity contribution in [2.45, 2.75) is 68.4 Å². The molecule has 37 heavy (non-hydrogen) atoms. The first-order valence-electron chi connectivity index (χ1n) is 8.91. The summed E-state index contributed by atoms with van der Waals surface area (Å²) in [5.74, 6) is -2.71. The van der Waals surface area contributed by atoms with E-state index in [0.29, 0.717) is 6.42 Å². The first kappa shape index (κ1) is 33.1. The number of alkyl halides is 17. The Morgan fingerprint density at radius 1 is 0.459 bits per heavy atom. The molecule has 0 N–H and O–H groups in total. The van der Waals surface area contributed by atoms with Crippen LogP contribution in [-0.4, -0.2) is 73.0 Å². The van der Waals surface area contributed by atoms with E-state index in [-0.39, 0.29) is 17.7 Å². The zero-order chi connectivity index (χ0) is 29.5. The molecule has 6 nitrogen and oxygen atoms in total. The van der Waals surface area contributed by atoms with Gasteiger partial charge in [0.1, 0.15) is 0 Å². The van der Waals surface area contributed by atoms with Gasteiger partial charge in [-0.05, 0) is 19.3 Å². The van der Waals surface area contributed by atoms with Gasteiger partial charge in [-0.1, -0.05) is 0 Å². The van der Waals surface area contributed by atoms with Crippen LogP contribution in [0.15, 0.2) is 0 Å². The van der Waals surface area contributed by atoms with E-state index >= 15 is 0 Å². The van der Waals surface area contributed by atoms with E-state index in [1.807, 2.05) is 0 Å². The average Bonchev–Trinajstić information content (AvgIpc) is 2.63. The summed E-state index contributed by atoms with van der Waals surface area (Å²) in [7, 11) is 0. The smallest absolute Gasteiger partial charge is 0.335 e. The van der Waals surface area contributed by atoms with Gasteiger partial charge in [0.15, 0.2) is 0 Å². The number of rotatable bonds is 11. The summed E-state index contributed by atoms with van der Waals surface area (Å²) >= 11 is 0. The molecule has 1 rings (SSSR count). The van der Waals surface area contributed by atoms with Crippen LogP contribution in [0.25, 0.3) is 0 Å². The zero-order valence-corrected chi connectivity index (χ0v) is 16.9. The Hall–Kier alpha value is -1.88. The summed E-state index contributed by atoms with van der Waals surface area (Å²) in [6.45, 7) is -1.07. The summed E-state index contributed by atoms with van der Waals surface area (Å²) in [5, 5.41) is 0. The molecule has 1 saturated heterocycles. The molecule has 23 heteroatoms. The minimum absolute atomic E-state index is 0.0243. The highest BCUT2D eigenvalue weighted by molar-refractivity contribution is 5.82. The molecule has 0 atom stereocenters. The Balaban J connectivity index is 3.11. The van der Waals surface area contributed by atoms with Gasteiger partial charge < -0.3 is 4.90 Å². The molecule has 0 unspecified atom stereocenters. The molecule has 220 valence electrons. The molecule has 1 amide bonds. The number of hydrogen-bond acceptors (Lipinski definition) is 5. The van der Waals surface area contributed by atoms with Gasteiger partial charge in [-0.15, -0.1) is 13.2 Å². The molecule has 1 heterocycles. The molecule has 0 aliphatic carbocycles. The Morgan fingerprint density at radius 3 is 1.08 bits per heavy atom. The van der Waals surface area contributed by atoms with E-state index in [2.05, 4.69) is 4.74 Å².